The molecule has 0 spiro atoms. The summed E-state index contributed by atoms with van der Waals surface area (Å²) in [5.41, 5.74) is 22.9. The van der Waals surface area contributed by atoms with Gasteiger partial charge in [0.15, 0.2) is 11.2 Å². The van der Waals surface area contributed by atoms with Crippen molar-refractivity contribution in [1.29, 1.82) is 0 Å². The molecule has 0 amide bonds. The second-order valence-electron chi connectivity index (χ2n) is 22.2. The predicted molar refractivity (Wildman–Crippen MR) is 377 cm³/mol. The molecule has 4 aliphatic heterocycles. The molecule has 0 unspecified atom stereocenters. The lowest BCUT2D eigenvalue weighted by atomic mass is 9.79. The highest BCUT2D eigenvalue weighted by Crippen LogP contribution is 2.37. The van der Waals surface area contributed by atoms with Crippen molar-refractivity contribution in [3.05, 3.63) is 163 Å². The molecule has 4 aliphatic rings. The molecule has 93 heavy (non-hydrogen) atoms. The zero-order valence-corrected chi connectivity index (χ0v) is 56.1. The van der Waals surface area contributed by atoms with Crippen molar-refractivity contribution in [2.45, 2.75) is 46.3 Å². The number of morpholine rings is 3. The van der Waals surface area contributed by atoms with Crippen molar-refractivity contribution in [3.63, 3.8) is 0 Å². The van der Waals surface area contributed by atoms with E-state index in [-0.39, 0.29) is 36.2 Å². The number of rotatable bonds is 4. The van der Waals surface area contributed by atoms with E-state index in [0.717, 1.165) is 170 Å². The van der Waals surface area contributed by atoms with Crippen LogP contribution >= 0.6 is 59.4 Å². The fourth-order valence-corrected chi connectivity index (χ4v) is 10.9. The summed E-state index contributed by atoms with van der Waals surface area (Å²) in [6, 6.07) is 35.1. The van der Waals surface area contributed by atoms with Crippen LogP contribution in [0.5, 0.6) is 0 Å². The quantitative estimate of drug-likeness (QED) is 0.119. The van der Waals surface area contributed by atoms with Crippen LogP contribution in [-0.2, 0) is 23.5 Å². The number of oxazole rings is 2. The summed E-state index contributed by atoms with van der Waals surface area (Å²) in [4.78, 5) is 56.9. The Hall–Kier alpha value is -7.83. The molecular weight excluding hydrogens is 1400 g/mol. The molecule has 4 saturated heterocycles. The average molecular weight is 1470 g/mol. The predicted octanol–water partition coefficient (Wildman–Crippen LogP) is 11.8. The Balaban J connectivity index is 0.000000127. The molecule has 0 saturated carbocycles. The number of anilines is 4. The second-order valence-corrected chi connectivity index (χ2v) is 25.3. The SMILES string of the molecule is Brc1ccc2ncc(N3CCOCC3)nc2c1.C.C1COCCN1.CC1(C)OB(c2ccc3oc(N)nc3c2)OC1(C)C.Clc1cnc2ccc(Br)cc2n1.Nc1nc2cc(-c3ccc4ncc(N5CCOCC5)nc4c3)ccc2o1.O=c1cnc2ccc(Br)cc2[nH]1. The number of hydrogen-bond acceptors (Lipinski definition) is 22. The fraction of sp³-hybridized carbons (Fsp3) is 0.292. The standard InChI is InChI=1S/C19H17N5O2.C13H17BN2O3.C12H12BrN3O.C8H4BrClN2.C8H5BrN2O.C4H9NO.CH4/c20-19-23-16-10-13(2-4-17(16)26-19)12-1-3-14-15(9-12)22-18(11-21-14)24-5-7-25-8-6-24;1-12(2)13(3,4)19-14(18-12)8-5-6-10-9(7-8)16-11(15)17-10;13-9-1-2-10-11(7-9)15-12(8-14-10)16-3-5-17-6-4-16;9-5-1-2-6-7(3-5)12-8(10)4-11-6;9-5-1-2-6-7(3-5)11-8(12)4-10-6;1-3-6-4-2-5-1;/h1-4,9-11H,5-8H2,(H2,20,23);5-7H,1-4H3,(H2,15,16);1-2,7-8H,3-6H2;1-4H;1-4H,(H,11,12);5H,1-4H2;1H4. The zero-order valence-electron chi connectivity index (χ0n) is 50.6. The molecule has 0 radical (unpaired) electrons. The molecule has 16 rings (SSSR count). The maximum atomic E-state index is 10.9. The van der Waals surface area contributed by atoms with Gasteiger partial charge < -0.3 is 63.9 Å². The molecular formula is C65H68BBr3ClN15O8. The number of ether oxygens (including phenoxy) is 3. The summed E-state index contributed by atoms with van der Waals surface area (Å²) in [5.74, 6) is 1.82. The van der Waals surface area contributed by atoms with Crippen molar-refractivity contribution >= 4 is 162 Å². The Morgan fingerprint density at radius 2 is 0.935 bits per heavy atom. The number of aromatic amines is 1. The largest absolute Gasteiger partial charge is 0.494 e. The van der Waals surface area contributed by atoms with Gasteiger partial charge in [0.25, 0.3) is 17.6 Å². The number of fused-ring (bicyclic) bond motifs is 6. The molecule has 6 aromatic heterocycles. The van der Waals surface area contributed by atoms with Crippen molar-refractivity contribution in [2.75, 3.05) is 100 Å². The van der Waals surface area contributed by atoms with Gasteiger partial charge in [-0.25, -0.2) is 19.9 Å². The normalized spacial score (nSPS) is 15.8. The first-order valence-corrected chi connectivity index (χ1v) is 32.2. The van der Waals surface area contributed by atoms with Gasteiger partial charge in [0.1, 0.15) is 27.8 Å². The number of hydrogen-bond donors (Lipinski definition) is 4. The van der Waals surface area contributed by atoms with Gasteiger partial charge in [-0.05, 0) is 135 Å². The Kier molecular flexibility index (Phi) is 22.6. The van der Waals surface area contributed by atoms with Crippen LogP contribution in [0.2, 0.25) is 5.15 Å². The molecule has 4 fully saturated rings. The smallest absolute Gasteiger partial charge is 0.424 e. The second kappa shape index (κ2) is 30.9. The van der Waals surface area contributed by atoms with Crippen molar-refractivity contribution < 1.29 is 32.4 Å². The van der Waals surface area contributed by atoms with Crippen molar-refractivity contribution in [1.82, 2.24) is 55.2 Å². The van der Waals surface area contributed by atoms with Crippen LogP contribution < -0.4 is 37.6 Å². The number of nitrogen functional groups attached to an aromatic ring is 2. The lowest BCUT2D eigenvalue weighted by Crippen LogP contribution is -2.41. The number of nitrogens with zero attached hydrogens (tertiary/aromatic N) is 11. The molecule has 23 nitrogen and oxygen atoms in total. The first-order chi connectivity index (χ1) is 44.4. The number of aromatic nitrogens is 10. The van der Waals surface area contributed by atoms with E-state index in [4.69, 9.17) is 60.4 Å². The van der Waals surface area contributed by atoms with Crippen LogP contribution in [0.15, 0.2) is 161 Å². The minimum atomic E-state index is -0.396. The van der Waals surface area contributed by atoms with Gasteiger partial charge in [-0.3, -0.25) is 19.7 Å². The van der Waals surface area contributed by atoms with E-state index in [0.29, 0.717) is 21.8 Å². The third kappa shape index (κ3) is 17.7. The Morgan fingerprint density at radius 3 is 1.47 bits per heavy atom. The fourth-order valence-electron chi connectivity index (χ4n) is 9.75. The van der Waals surface area contributed by atoms with Crippen LogP contribution in [0.4, 0.5) is 23.7 Å². The molecule has 0 aliphatic carbocycles. The Morgan fingerprint density at radius 1 is 0.495 bits per heavy atom. The number of nitrogens with two attached hydrogens (primary N) is 2. The molecule has 28 heteroatoms. The summed E-state index contributed by atoms with van der Waals surface area (Å²) in [6.45, 7) is 18.4. The van der Waals surface area contributed by atoms with Gasteiger partial charge >= 0.3 is 7.12 Å². The van der Waals surface area contributed by atoms with Gasteiger partial charge in [-0.1, -0.05) is 85.0 Å². The highest BCUT2D eigenvalue weighted by atomic mass is 79.9. The van der Waals surface area contributed by atoms with Crippen LogP contribution in [-0.4, -0.2) is 147 Å². The molecule has 0 bridgehead atoms. The van der Waals surface area contributed by atoms with Crippen LogP contribution in [0.3, 0.4) is 0 Å². The molecule has 12 aromatic rings. The topological polar surface area (TPSA) is 292 Å². The van der Waals surface area contributed by atoms with Gasteiger partial charge in [0.05, 0.1) is 120 Å². The van der Waals surface area contributed by atoms with Crippen molar-refractivity contribution in [3.8, 4) is 11.1 Å². The van der Waals surface area contributed by atoms with E-state index < -0.39 is 7.12 Å². The Bertz CT molecular complexity index is 4530. The number of halogens is 4. The van der Waals surface area contributed by atoms with E-state index in [1.54, 1.807) is 0 Å². The molecule has 482 valence electrons. The highest BCUT2D eigenvalue weighted by Gasteiger charge is 2.51. The molecule has 10 heterocycles. The van der Waals surface area contributed by atoms with Gasteiger partial charge in [0, 0.05) is 52.7 Å². The van der Waals surface area contributed by atoms with E-state index in [2.05, 4.69) is 114 Å². The van der Waals surface area contributed by atoms with Gasteiger partial charge in [-0.15, -0.1) is 0 Å². The lowest BCUT2D eigenvalue weighted by Gasteiger charge is -2.32. The maximum absolute atomic E-state index is 10.9. The van der Waals surface area contributed by atoms with E-state index >= 15 is 0 Å². The number of nitrogens with one attached hydrogen (secondary N) is 2. The van der Waals surface area contributed by atoms with E-state index in [1.165, 1.54) is 12.4 Å². The lowest BCUT2D eigenvalue weighted by molar-refractivity contribution is 0.00578. The summed E-state index contributed by atoms with van der Waals surface area (Å²) in [7, 11) is -0.396. The summed E-state index contributed by atoms with van der Waals surface area (Å²) in [5, 5.41) is 3.58. The first kappa shape index (κ1) is 68.0. The van der Waals surface area contributed by atoms with Gasteiger partial charge in [-0.2, -0.15) is 9.97 Å². The van der Waals surface area contributed by atoms with E-state index in [1.807, 2.05) is 143 Å². The Labute approximate surface area is 566 Å². The third-order valence-electron chi connectivity index (χ3n) is 15.2. The first-order valence-electron chi connectivity index (χ1n) is 29.4. The zero-order chi connectivity index (χ0) is 64.4. The molecule has 0 atom stereocenters. The highest BCUT2D eigenvalue weighted by molar-refractivity contribution is 9.11. The van der Waals surface area contributed by atoms with Crippen LogP contribution in [0.25, 0.3) is 77.5 Å². The number of H-pyrrole nitrogens is 1. The average Bonchev–Trinajstić information content (AvgIpc) is 1.66. The monoisotopic (exact) mass is 1470 g/mol. The van der Waals surface area contributed by atoms with Crippen molar-refractivity contribution in [2.24, 2.45) is 0 Å². The third-order valence-corrected chi connectivity index (χ3v) is 16.9. The van der Waals surface area contributed by atoms with Crippen LogP contribution in [0.1, 0.15) is 35.1 Å². The van der Waals surface area contributed by atoms with Crippen LogP contribution in [0, 0.1) is 0 Å². The molecule has 6 aromatic carbocycles. The summed E-state index contributed by atoms with van der Waals surface area (Å²) in [6.07, 6.45) is 6.48. The summed E-state index contributed by atoms with van der Waals surface area (Å²) >= 11 is 15.8. The summed E-state index contributed by atoms with van der Waals surface area (Å²) < 4.78 is 41.3. The van der Waals surface area contributed by atoms with Gasteiger partial charge in [0.2, 0.25) is 0 Å². The molecule has 6 N–H and O–H groups in total. The minimum Gasteiger partial charge on any atom is -0.424 e. The number of benzene rings is 6. The minimum absolute atomic E-state index is 0. The maximum Gasteiger partial charge on any atom is 0.494 e. The van der Waals surface area contributed by atoms with E-state index in [9.17, 15) is 4.79 Å².